The lowest BCUT2D eigenvalue weighted by molar-refractivity contribution is 0.726. The van der Waals surface area contributed by atoms with Gasteiger partial charge in [-0.1, -0.05) is 48.9 Å². The standard InChI is InChI=1S/C18H19ClN2/c1-2-20-12-14-7-8-15-9-10-21(18(15)11-14)13-16-5-3-4-6-17(16)19/h3-11,20H,2,12-13H2,1H3. The fourth-order valence-corrected chi connectivity index (χ4v) is 2.75. The van der Waals surface area contributed by atoms with Crippen LogP contribution in [-0.2, 0) is 13.1 Å². The van der Waals surface area contributed by atoms with E-state index in [9.17, 15) is 0 Å². The monoisotopic (exact) mass is 298 g/mol. The summed E-state index contributed by atoms with van der Waals surface area (Å²) in [7, 11) is 0. The third-order valence-corrected chi connectivity index (χ3v) is 4.08. The Morgan fingerprint density at radius 2 is 1.95 bits per heavy atom. The largest absolute Gasteiger partial charge is 0.343 e. The SMILES string of the molecule is CCNCc1ccc2ccn(Cc3ccccc3Cl)c2c1. The first-order valence-corrected chi connectivity index (χ1v) is 7.67. The molecule has 3 heteroatoms. The molecule has 0 aliphatic carbocycles. The van der Waals surface area contributed by atoms with Gasteiger partial charge in [0.15, 0.2) is 0 Å². The predicted octanol–water partition coefficient (Wildman–Crippen LogP) is 4.45. The number of fused-ring (bicyclic) bond motifs is 1. The number of hydrogen-bond donors (Lipinski definition) is 1. The van der Waals surface area contributed by atoms with Crippen molar-refractivity contribution in [2.24, 2.45) is 0 Å². The van der Waals surface area contributed by atoms with Gasteiger partial charge < -0.3 is 9.88 Å². The summed E-state index contributed by atoms with van der Waals surface area (Å²) in [6.07, 6.45) is 2.13. The Labute approximate surface area is 130 Å². The Hall–Kier alpha value is -1.77. The Morgan fingerprint density at radius 3 is 2.76 bits per heavy atom. The van der Waals surface area contributed by atoms with E-state index in [-0.39, 0.29) is 0 Å². The van der Waals surface area contributed by atoms with E-state index < -0.39 is 0 Å². The molecular formula is C18H19ClN2. The number of halogens is 1. The molecule has 0 aliphatic rings. The number of nitrogens with zero attached hydrogens (tertiary/aromatic N) is 1. The van der Waals surface area contributed by atoms with E-state index >= 15 is 0 Å². The lowest BCUT2D eigenvalue weighted by Gasteiger charge is -2.09. The Morgan fingerprint density at radius 1 is 1.10 bits per heavy atom. The maximum atomic E-state index is 6.27. The molecule has 0 aliphatic heterocycles. The lowest BCUT2D eigenvalue weighted by atomic mass is 10.1. The van der Waals surface area contributed by atoms with Gasteiger partial charge in [0.25, 0.3) is 0 Å². The third kappa shape index (κ3) is 3.12. The van der Waals surface area contributed by atoms with Gasteiger partial charge in [-0.2, -0.15) is 0 Å². The van der Waals surface area contributed by atoms with E-state index in [0.717, 1.165) is 30.2 Å². The molecule has 0 radical (unpaired) electrons. The maximum absolute atomic E-state index is 6.27. The minimum absolute atomic E-state index is 0.799. The highest BCUT2D eigenvalue weighted by Gasteiger charge is 2.05. The van der Waals surface area contributed by atoms with Crippen LogP contribution in [0, 0.1) is 0 Å². The first-order valence-electron chi connectivity index (χ1n) is 7.30. The van der Waals surface area contributed by atoms with E-state index in [0.29, 0.717) is 0 Å². The highest BCUT2D eigenvalue weighted by atomic mass is 35.5. The number of benzene rings is 2. The van der Waals surface area contributed by atoms with Gasteiger partial charge >= 0.3 is 0 Å². The molecule has 1 aromatic heterocycles. The molecule has 0 saturated carbocycles. The second-order valence-corrected chi connectivity index (χ2v) is 5.62. The zero-order valence-electron chi connectivity index (χ0n) is 12.1. The highest BCUT2D eigenvalue weighted by molar-refractivity contribution is 6.31. The predicted molar refractivity (Wildman–Crippen MR) is 89.9 cm³/mol. The van der Waals surface area contributed by atoms with Crippen molar-refractivity contribution < 1.29 is 0 Å². The third-order valence-electron chi connectivity index (χ3n) is 3.72. The molecule has 0 amide bonds. The quantitative estimate of drug-likeness (QED) is 0.736. The van der Waals surface area contributed by atoms with Gasteiger partial charge in [0.05, 0.1) is 0 Å². The summed E-state index contributed by atoms with van der Waals surface area (Å²) in [6, 6.07) is 16.8. The van der Waals surface area contributed by atoms with Gasteiger partial charge in [-0.05, 0) is 41.3 Å². The second kappa shape index (κ2) is 6.33. The Balaban J connectivity index is 1.93. The minimum atomic E-state index is 0.799. The molecule has 1 heterocycles. The second-order valence-electron chi connectivity index (χ2n) is 5.21. The highest BCUT2D eigenvalue weighted by Crippen LogP contribution is 2.22. The van der Waals surface area contributed by atoms with Crippen LogP contribution in [0.2, 0.25) is 5.02 Å². The van der Waals surface area contributed by atoms with E-state index in [4.69, 9.17) is 11.6 Å². The molecule has 2 nitrogen and oxygen atoms in total. The lowest BCUT2D eigenvalue weighted by Crippen LogP contribution is -2.11. The maximum Gasteiger partial charge on any atom is 0.0490 e. The van der Waals surface area contributed by atoms with Crippen LogP contribution >= 0.6 is 11.6 Å². The van der Waals surface area contributed by atoms with Gasteiger partial charge in [0.1, 0.15) is 0 Å². The van der Waals surface area contributed by atoms with Crippen LogP contribution in [0.15, 0.2) is 54.7 Å². The number of hydrogen-bond acceptors (Lipinski definition) is 1. The molecular weight excluding hydrogens is 280 g/mol. The first kappa shape index (κ1) is 14.2. The summed E-state index contributed by atoms with van der Waals surface area (Å²) in [4.78, 5) is 0. The first-order chi connectivity index (χ1) is 10.3. The fourth-order valence-electron chi connectivity index (χ4n) is 2.56. The number of rotatable bonds is 5. The van der Waals surface area contributed by atoms with E-state index in [1.807, 2.05) is 18.2 Å². The van der Waals surface area contributed by atoms with Gasteiger partial charge in [0.2, 0.25) is 0 Å². The van der Waals surface area contributed by atoms with Crippen molar-refractivity contribution >= 4 is 22.5 Å². The number of nitrogens with one attached hydrogen (secondary N) is 1. The Kier molecular flexibility index (Phi) is 4.28. The molecule has 0 unspecified atom stereocenters. The van der Waals surface area contributed by atoms with Crippen LogP contribution < -0.4 is 5.32 Å². The molecule has 0 fully saturated rings. The van der Waals surface area contributed by atoms with Crippen molar-refractivity contribution in [3.63, 3.8) is 0 Å². The molecule has 3 rings (SSSR count). The molecule has 3 aromatic rings. The van der Waals surface area contributed by atoms with Gasteiger partial charge in [-0.3, -0.25) is 0 Å². The van der Waals surface area contributed by atoms with Crippen molar-refractivity contribution in [2.45, 2.75) is 20.0 Å². The average molecular weight is 299 g/mol. The molecule has 0 atom stereocenters. The molecule has 21 heavy (non-hydrogen) atoms. The zero-order valence-corrected chi connectivity index (χ0v) is 12.9. The summed E-state index contributed by atoms with van der Waals surface area (Å²) in [6.45, 7) is 4.81. The van der Waals surface area contributed by atoms with Crippen LogP contribution in [0.3, 0.4) is 0 Å². The van der Waals surface area contributed by atoms with Crippen molar-refractivity contribution in [1.29, 1.82) is 0 Å². The van der Waals surface area contributed by atoms with Gasteiger partial charge in [-0.15, -0.1) is 0 Å². The van der Waals surface area contributed by atoms with Gasteiger partial charge in [-0.25, -0.2) is 0 Å². The topological polar surface area (TPSA) is 17.0 Å². The summed E-state index contributed by atoms with van der Waals surface area (Å²) in [5, 5.41) is 5.46. The summed E-state index contributed by atoms with van der Waals surface area (Å²) in [5.41, 5.74) is 3.71. The summed E-state index contributed by atoms with van der Waals surface area (Å²) in [5.74, 6) is 0. The fraction of sp³-hybridized carbons (Fsp3) is 0.222. The molecule has 1 N–H and O–H groups in total. The van der Waals surface area contributed by atoms with Crippen LogP contribution in [0.1, 0.15) is 18.1 Å². The number of aromatic nitrogens is 1. The average Bonchev–Trinajstić information content (AvgIpc) is 2.90. The Bertz CT molecular complexity index is 746. The zero-order chi connectivity index (χ0) is 14.7. The van der Waals surface area contributed by atoms with Crippen LogP contribution in [-0.4, -0.2) is 11.1 Å². The van der Waals surface area contributed by atoms with Crippen LogP contribution in [0.4, 0.5) is 0 Å². The molecule has 0 saturated heterocycles. The van der Waals surface area contributed by atoms with Crippen LogP contribution in [0.25, 0.3) is 10.9 Å². The molecule has 0 spiro atoms. The molecule has 0 bridgehead atoms. The van der Waals surface area contributed by atoms with E-state index in [1.165, 1.54) is 16.5 Å². The van der Waals surface area contributed by atoms with Crippen molar-refractivity contribution in [3.05, 3.63) is 70.9 Å². The van der Waals surface area contributed by atoms with Gasteiger partial charge in [0, 0.05) is 29.8 Å². The van der Waals surface area contributed by atoms with E-state index in [2.05, 4.69) is 53.3 Å². The van der Waals surface area contributed by atoms with Crippen molar-refractivity contribution in [3.8, 4) is 0 Å². The molecule has 108 valence electrons. The summed E-state index contributed by atoms with van der Waals surface area (Å²) >= 11 is 6.27. The normalized spacial score (nSPS) is 11.1. The smallest absolute Gasteiger partial charge is 0.0490 e. The summed E-state index contributed by atoms with van der Waals surface area (Å²) < 4.78 is 2.26. The van der Waals surface area contributed by atoms with E-state index in [1.54, 1.807) is 0 Å². The van der Waals surface area contributed by atoms with Crippen LogP contribution in [0.5, 0.6) is 0 Å². The molecule has 2 aromatic carbocycles. The minimum Gasteiger partial charge on any atom is -0.343 e. The van der Waals surface area contributed by atoms with Crippen molar-refractivity contribution in [1.82, 2.24) is 9.88 Å². The van der Waals surface area contributed by atoms with Crippen molar-refractivity contribution in [2.75, 3.05) is 6.54 Å².